The van der Waals surface area contributed by atoms with Crippen molar-refractivity contribution < 1.29 is 9.47 Å². The summed E-state index contributed by atoms with van der Waals surface area (Å²) in [5, 5.41) is 2.12. The number of ether oxygens (including phenoxy) is 2. The van der Waals surface area contributed by atoms with Crippen LogP contribution in [-0.4, -0.2) is 22.7 Å². The summed E-state index contributed by atoms with van der Waals surface area (Å²) in [5.41, 5.74) is 10.2. The highest BCUT2D eigenvalue weighted by Gasteiger charge is 2.18. The number of nitrogens with zero attached hydrogens (tertiary/aromatic N) is 2. The smallest absolute Gasteiger partial charge is 0.231 e. The molecule has 6 heteroatoms. The third kappa shape index (κ3) is 1.91. The van der Waals surface area contributed by atoms with Gasteiger partial charge in [-0.25, -0.2) is 4.98 Å². The first kappa shape index (κ1) is 12.7. The molecule has 0 fully saturated rings. The van der Waals surface area contributed by atoms with Crippen LogP contribution >= 0.6 is 11.3 Å². The minimum Gasteiger partial charge on any atom is -0.454 e. The lowest BCUT2D eigenvalue weighted by Crippen LogP contribution is -2.06. The molecule has 1 aliphatic heterocycles. The monoisotopic (exact) mass is 301 g/mol. The van der Waals surface area contributed by atoms with Crippen molar-refractivity contribution in [3.05, 3.63) is 35.0 Å². The van der Waals surface area contributed by atoms with Crippen molar-refractivity contribution in [1.82, 2.24) is 9.38 Å². The van der Waals surface area contributed by atoms with Gasteiger partial charge in [0.1, 0.15) is 0 Å². The molecule has 1 aromatic carbocycles. The van der Waals surface area contributed by atoms with E-state index in [0.29, 0.717) is 13.3 Å². The lowest BCUT2D eigenvalue weighted by molar-refractivity contribution is 0.174. The van der Waals surface area contributed by atoms with Crippen molar-refractivity contribution in [3.8, 4) is 22.8 Å². The average Bonchev–Trinajstić information content (AvgIpc) is 3.15. The van der Waals surface area contributed by atoms with Crippen LogP contribution in [0.4, 0.5) is 0 Å². The normalized spacial score (nSPS) is 13.2. The molecule has 3 aromatic rings. The van der Waals surface area contributed by atoms with Crippen molar-refractivity contribution in [2.45, 2.75) is 13.3 Å². The summed E-state index contributed by atoms with van der Waals surface area (Å²) in [6.07, 6.45) is 0.821. The Kier molecular flexibility index (Phi) is 2.87. The molecule has 21 heavy (non-hydrogen) atoms. The fourth-order valence-electron chi connectivity index (χ4n) is 2.71. The van der Waals surface area contributed by atoms with Gasteiger partial charge in [0, 0.05) is 23.1 Å². The van der Waals surface area contributed by atoms with Crippen molar-refractivity contribution >= 4 is 16.3 Å². The highest BCUT2D eigenvalue weighted by molar-refractivity contribution is 7.15. The summed E-state index contributed by atoms with van der Waals surface area (Å²) in [6.45, 7) is 2.94. The third-order valence-electron chi connectivity index (χ3n) is 3.71. The van der Waals surface area contributed by atoms with Gasteiger partial charge in [-0.05, 0) is 31.7 Å². The highest BCUT2D eigenvalue weighted by atomic mass is 32.1. The van der Waals surface area contributed by atoms with Crippen LogP contribution in [0.3, 0.4) is 0 Å². The Morgan fingerprint density at radius 2 is 2.19 bits per heavy atom. The molecular weight excluding hydrogens is 286 g/mol. The summed E-state index contributed by atoms with van der Waals surface area (Å²) in [4.78, 5) is 5.62. The number of hydrogen-bond acceptors (Lipinski definition) is 5. The average molecular weight is 301 g/mol. The van der Waals surface area contributed by atoms with Crippen LogP contribution in [0.15, 0.2) is 23.6 Å². The van der Waals surface area contributed by atoms with E-state index in [1.165, 1.54) is 5.69 Å². The van der Waals surface area contributed by atoms with Crippen molar-refractivity contribution in [3.63, 3.8) is 0 Å². The molecule has 0 saturated heterocycles. The molecule has 4 rings (SSSR count). The van der Waals surface area contributed by atoms with Crippen molar-refractivity contribution in [1.29, 1.82) is 0 Å². The number of imidazole rings is 1. The minimum atomic E-state index is 0.292. The largest absolute Gasteiger partial charge is 0.454 e. The van der Waals surface area contributed by atoms with E-state index in [0.717, 1.165) is 39.8 Å². The van der Waals surface area contributed by atoms with Crippen LogP contribution in [0.25, 0.3) is 16.2 Å². The standard InChI is InChI=1S/C15H15N3O2S/c1-9-11(4-5-16)18-12(7-21-15(18)17-9)10-2-3-13-14(6-10)20-8-19-13/h2-3,6-7H,4-5,8,16H2,1H3. The number of rotatable bonds is 3. The summed E-state index contributed by atoms with van der Waals surface area (Å²) < 4.78 is 13.0. The zero-order valence-electron chi connectivity index (χ0n) is 11.6. The molecular formula is C15H15N3O2S. The molecule has 0 atom stereocenters. The second-order valence-electron chi connectivity index (χ2n) is 4.99. The quantitative estimate of drug-likeness (QED) is 0.808. The van der Waals surface area contributed by atoms with Crippen LogP contribution < -0.4 is 15.2 Å². The van der Waals surface area contributed by atoms with E-state index in [1.54, 1.807) is 11.3 Å². The highest BCUT2D eigenvalue weighted by Crippen LogP contribution is 2.37. The Morgan fingerprint density at radius 1 is 1.33 bits per heavy atom. The zero-order valence-corrected chi connectivity index (χ0v) is 12.4. The van der Waals surface area contributed by atoms with Gasteiger partial charge in [0.2, 0.25) is 6.79 Å². The van der Waals surface area contributed by atoms with Crippen LogP contribution in [0.2, 0.25) is 0 Å². The molecule has 2 aromatic heterocycles. The molecule has 0 aliphatic carbocycles. The molecule has 0 saturated carbocycles. The SMILES string of the molecule is Cc1nc2scc(-c3ccc4c(c3)OCO4)n2c1CCN. The van der Waals surface area contributed by atoms with E-state index in [9.17, 15) is 0 Å². The lowest BCUT2D eigenvalue weighted by atomic mass is 10.1. The molecule has 108 valence electrons. The number of aryl methyl sites for hydroxylation is 1. The van der Waals surface area contributed by atoms with Gasteiger partial charge < -0.3 is 15.2 Å². The Balaban J connectivity index is 1.90. The van der Waals surface area contributed by atoms with Crippen LogP contribution in [0, 0.1) is 6.92 Å². The van der Waals surface area contributed by atoms with Gasteiger partial charge in [-0.2, -0.15) is 0 Å². The number of hydrogen-bond donors (Lipinski definition) is 1. The first-order valence-corrected chi connectivity index (χ1v) is 7.71. The predicted octanol–water partition coefficient (Wildman–Crippen LogP) is 2.60. The molecule has 0 spiro atoms. The second-order valence-corrected chi connectivity index (χ2v) is 5.83. The molecule has 0 bridgehead atoms. The fourth-order valence-corrected chi connectivity index (χ4v) is 3.67. The first-order chi connectivity index (χ1) is 10.3. The van der Waals surface area contributed by atoms with Crippen molar-refractivity contribution in [2.75, 3.05) is 13.3 Å². The molecule has 3 heterocycles. The molecule has 1 aliphatic rings. The number of thiazole rings is 1. The Hall–Kier alpha value is -2.05. The minimum absolute atomic E-state index is 0.292. The third-order valence-corrected chi connectivity index (χ3v) is 4.53. The van der Waals surface area contributed by atoms with Gasteiger partial charge in [-0.1, -0.05) is 0 Å². The molecule has 2 N–H and O–H groups in total. The molecule has 0 radical (unpaired) electrons. The summed E-state index contributed by atoms with van der Waals surface area (Å²) >= 11 is 1.64. The zero-order chi connectivity index (χ0) is 14.4. The maximum Gasteiger partial charge on any atom is 0.231 e. The van der Waals surface area contributed by atoms with E-state index in [1.807, 2.05) is 19.1 Å². The number of nitrogens with two attached hydrogens (primary N) is 1. The number of aromatic nitrogens is 2. The Bertz CT molecular complexity index is 822. The van der Waals surface area contributed by atoms with Gasteiger partial charge in [-0.15, -0.1) is 11.3 Å². The topological polar surface area (TPSA) is 61.8 Å². The van der Waals surface area contributed by atoms with Gasteiger partial charge in [-0.3, -0.25) is 4.40 Å². The molecule has 5 nitrogen and oxygen atoms in total. The number of benzene rings is 1. The molecule has 0 amide bonds. The van der Waals surface area contributed by atoms with Crippen molar-refractivity contribution in [2.24, 2.45) is 5.73 Å². The van der Waals surface area contributed by atoms with E-state index in [2.05, 4.69) is 20.8 Å². The van der Waals surface area contributed by atoms with Crippen LogP contribution in [0.1, 0.15) is 11.4 Å². The second kappa shape index (κ2) is 4.75. The van der Waals surface area contributed by atoms with Gasteiger partial charge in [0.15, 0.2) is 16.5 Å². The maximum absolute atomic E-state index is 5.74. The van der Waals surface area contributed by atoms with Crippen LogP contribution in [0.5, 0.6) is 11.5 Å². The van der Waals surface area contributed by atoms with E-state index < -0.39 is 0 Å². The lowest BCUT2D eigenvalue weighted by Gasteiger charge is -2.05. The van der Waals surface area contributed by atoms with Gasteiger partial charge >= 0.3 is 0 Å². The van der Waals surface area contributed by atoms with Gasteiger partial charge in [0.25, 0.3) is 0 Å². The van der Waals surface area contributed by atoms with E-state index in [4.69, 9.17) is 15.2 Å². The first-order valence-electron chi connectivity index (χ1n) is 6.83. The predicted molar refractivity (Wildman–Crippen MR) is 82.1 cm³/mol. The number of fused-ring (bicyclic) bond motifs is 2. The Labute approximate surface area is 125 Å². The van der Waals surface area contributed by atoms with Crippen LogP contribution in [-0.2, 0) is 6.42 Å². The maximum atomic E-state index is 5.74. The summed E-state index contributed by atoms with van der Waals surface area (Å²) in [7, 11) is 0. The van der Waals surface area contributed by atoms with E-state index in [-0.39, 0.29) is 0 Å². The fraction of sp³-hybridized carbons (Fsp3) is 0.267. The van der Waals surface area contributed by atoms with E-state index >= 15 is 0 Å². The Morgan fingerprint density at radius 3 is 3.05 bits per heavy atom. The summed E-state index contributed by atoms with van der Waals surface area (Å²) in [6, 6.07) is 6.02. The van der Waals surface area contributed by atoms with Gasteiger partial charge in [0.05, 0.1) is 11.4 Å². The summed E-state index contributed by atoms with van der Waals surface area (Å²) in [5.74, 6) is 1.60. The molecule has 0 unspecified atom stereocenters.